The third kappa shape index (κ3) is 3.96. The van der Waals surface area contributed by atoms with Crippen LogP contribution >= 0.6 is 15.9 Å². The van der Waals surface area contributed by atoms with Crippen molar-refractivity contribution in [1.82, 2.24) is 0 Å². The SMILES string of the molecule is CC1CCN(c2ccc(NC(=O)c3ccc(F)cc3Br)cc2)CC1. The van der Waals surface area contributed by atoms with E-state index in [2.05, 4.69) is 33.1 Å². The minimum absolute atomic E-state index is 0.263. The predicted molar refractivity (Wildman–Crippen MR) is 99.1 cm³/mol. The van der Waals surface area contributed by atoms with Crippen molar-refractivity contribution in [2.75, 3.05) is 23.3 Å². The van der Waals surface area contributed by atoms with E-state index in [0.29, 0.717) is 10.0 Å². The van der Waals surface area contributed by atoms with Crippen molar-refractivity contribution < 1.29 is 9.18 Å². The number of rotatable bonds is 3. The van der Waals surface area contributed by atoms with Gasteiger partial charge in [0.25, 0.3) is 5.91 Å². The summed E-state index contributed by atoms with van der Waals surface area (Å²) in [6.45, 7) is 4.45. The first-order chi connectivity index (χ1) is 11.5. The zero-order valence-corrected chi connectivity index (χ0v) is 15.1. The zero-order valence-electron chi connectivity index (χ0n) is 13.6. The first kappa shape index (κ1) is 17.0. The molecular weight excluding hydrogens is 371 g/mol. The molecule has 24 heavy (non-hydrogen) atoms. The van der Waals surface area contributed by atoms with E-state index in [-0.39, 0.29) is 11.7 Å². The lowest BCUT2D eigenvalue weighted by atomic mass is 9.99. The Morgan fingerprint density at radius 2 is 1.83 bits per heavy atom. The molecule has 2 aromatic rings. The van der Waals surface area contributed by atoms with E-state index in [9.17, 15) is 9.18 Å². The van der Waals surface area contributed by atoms with Gasteiger partial charge in [-0.1, -0.05) is 6.92 Å². The molecule has 0 saturated carbocycles. The van der Waals surface area contributed by atoms with Gasteiger partial charge >= 0.3 is 0 Å². The number of carbonyl (C=O) groups excluding carboxylic acids is 1. The van der Waals surface area contributed by atoms with Crippen molar-refractivity contribution in [2.24, 2.45) is 5.92 Å². The zero-order chi connectivity index (χ0) is 17.1. The number of hydrogen-bond acceptors (Lipinski definition) is 2. The standard InChI is InChI=1S/C19H20BrFN2O/c1-13-8-10-23(11-9-13)16-5-3-15(4-6-16)22-19(24)17-7-2-14(21)12-18(17)20/h2-7,12-13H,8-11H2,1H3,(H,22,24). The van der Waals surface area contributed by atoms with Crippen LogP contribution in [0.2, 0.25) is 0 Å². The summed E-state index contributed by atoms with van der Waals surface area (Å²) < 4.78 is 13.6. The van der Waals surface area contributed by atoms with Gasteiger partial charge in [0, 0.05) is 28.9 Å². The summed E-state index contributed by atoms with van der Waals surface area (Å²) in [5, 5.41) is 2.85. The van der Waals surface area contributed by atoms with Crippen LogP contribution in [0.4, 0.5) is 15.8 Å². The number of hydrogen-bond donors (Lipinski definition) is 1. The molecule has 1 amide bonds. The van der Waals surface area contributed by atoms with Crippen LogP contribution in [0, 0.1) is 11.7 Å². The van der Waals surface area contributed by atoms with Crippen LogP contribution in [0.25, 0.3) is 0 Å². The Bertz CT molecular complexity index is 725. The number of nitrogens with zero attached hydrogens (tertiary/aromatic N) is 1. The molecule has 0 atom stereocenters. The van der Waals surface area contributed by atoms with E-state index in [4.69, 9.17) is 0 Å². The van der Waals surface area contributed by atoms with Crippen LogP contribution in [0.5, 0.6) is 0 Å². The van der Waals surface area contributed by atoms with E-state index in [0.717, 1.165) is 24.7 Å². The third-order valence-electron chi connectivity index (χ3n) is 4.45. The Morgan fingerprint density at radius 1 is 1.17 bits per heavy atom. The number of amides is 1. The molecule has 0 spiro atoms. The Balaban J connectivity index is 1.66. The second-order valence-corrected chi connectivity index (χ2v) is 7.15. The molecule has 0 radical (unpaired) electrons. The second kappa shape index (κ2) is 7.34. The van der Waals surface area contributed by atoms with E-state index < -0.39 is 0 Å². The summed E-state index contributed by atoms with van der Waals surface area (Å²) in [6, 6.07) is 11.9. The molecule has 1 fully saturated rings. The van der Waals surface area contributed by atoms with Crippen LogP contribution in [-0.4, -0.2) is 19.0 Å². The molecule has 3 rings (SSSR count). The number of halogens is 2. The molecule has 0 aromatic heterocycles. The molecule has 0 aliphatic carbocycles. The van der Waals surface area contributed by atoms with Gasteiger partial charge in [-0.25, -0.2) is 4.39 Å². The van der Waals surface area contributed by atoms with E-state index >= 15 is 0 Å². The van der Waals surface area contributed by atoms with Crippen LogP contribution in [-0.2, 0) is 0 Å². The smallest absolute Gasteiger partial charge is 0.256 e. The van der Waals surface area contributed by atoms with Gasteiger partial charge in [-0.3, -0.25) is 4.79 Å². The van der Waals surface area contributed by atoms with Gasteiger partial charge in [0.05, 0.1) is 5.56 Å². The Labute approximate surface area is 150 Å². The van der Waals surface area contributed by atoms with Crippen LogP contribution in [0.3, 0.4) is 0 Å². The molecule has 0 unspecified atom stereocenters. The number of piperidine rings is 1. The van der Waals surface area contributed by atoms with Gasteiger partial charge in [0.2, 0.25) is 0 Å². The molecule has 1 saturated heterocycles. The van der Waals surface area contributed by atoms with Crippen LogP contribution < -0.4 is 10.2 Å². The molecule has 1 heterocycles. The highest BCUT2D eigenvalue weighted by atomic mass is 79.9. The normalized spacial score (nSPS) is 15.4. The number of benzene rings is 2. The molecule has 5 heteroatoms. The van der Waals surface area contributed by atoms with Crippen molar-refractivity contribution in [3.63, 3.8) is 0 Å². The van der Waals surface area contributed by atoms with Crippen molar-refractivity contribution in [3.05, 3.63) is 58.3 Å². The highest BCUT2D eigenvalue weighted by Crippen LogP contribution is 2.25. The Morgan fingerprint density at radius 3 is 2.46 bits per heavy atom. The van der Waals surface area contributed by atoms with Gasteiger partial charge in [-0.2, -0.15) is 0 Å². The molecule has 126 valence electrons. The van der Waals surface area contributed by atoms with Gasteiger partial charge < -0.3 is 10.2 Å². The lowest BCUT2D eigenvalue weighted by Gasteiger charge is -2.32. The molecular formula is C19H20BrFN2O. The summed E-state index contributed by atoms with van der Waals surface area (Å²) in [5.74, 6) is 0.161. The molecule has 3 nitrogen and oxygen atoms in total. The van der Waals surface area contributed by atoms with Gasteiger partial charge in [-0.15, -0.1) is 0 Å². The maximum Gasteiger partial charge on any atom is 0.256 e. The van der Waals surface area contributed by atoms with Gasteiger partial charge in [-0.05, 0) is 77.2 Å². The Kier molecular flexibility index (Phi) is 5.19. The van der Waals surface area contributed by atoms with Crippen LogP contribution in [0.1, 0.15) is 30.1 Å². The fraction of sp³-hybridized carbons (Fsp3) is 0.316. The van der Waals surface area contributed by atoms with Crippen molar-refractivity contribution in [3.8, 4) is 0 Å². The average molecular weight is 391 g/mol. The quantitative estimate of drug-likeness (QED) is 0.792. The van der Waals surface area contributed by atoms with Crippen LogP contribution in [0.15, 0.2) is 46.9 Å². The van der Waals surface area contributed by atoms with Gasteiger partial charge in [0.1, 0.15) is 5.82 Å². The molecule has 1 aliphatic rings. The number of anilines is 2. The summed E-state index contributed by atoms with van der Waals surface area (Å²) in [5.41, 5.74) is 2.32. The average Bonchev–Trinajstić information content (AvgIpc) is 2.56. The first-order valence-corrected chi connectivity index (χ1v) is 8.93. The largest absolute Gasteiger partial charge is 0.372 e. The monoisotopic (exact) mass is 390 g/mol. The second-order valence-electron chi connectivity index (χ2n) is 6.29. The summed E-state index contributed by atoms with van der Waals surface area (Å²) in [7, 11) is 0. The first-order valence-electron chi connectivity index (χ1n) is 8.14. The molecule has 0 bridgehead atoms. The minimum atomic E-state index is -0.376. The minimum Gasteiger partial charge on any atom is -0.372 e. The summed E-state index contributed by atoms with van der Waals surface area (Å²) >= 11 is 3.22. The lowest BCUT2D eigenvalue weighted by Crippen LogP contribution is -2.32. The van der Waals surface area contributed by atoms with Crippen molar-refractivity contribution in [2.45, 2.75) is 19.8 Å². The fourth-order valence-corrected chi connectivity index (χ4v) is 3.43. The summed E-state index contributed by atoms with van der Waals surface area (Å²) in [6.07, 6.45) is 2.44. The number of nitrogens with one attached hydrogen (secondary N) is 1. The molecule has 1 N–H and O–H groups in total. The van der Waals surface area contributed by atoms with Crippen molar-refractivity contribution >= 4 is 33.2 Å². The third-order valence-corrected chi connectivity index (χ3v) is 5.11. The topological polar surface area (TPSA) is 32.3 Å². The van der Waals surface area contributed by atoms with Crippen molar-refractivity contribution in [1.29, 1.82) is 0 Å². The van der Waals surface area contributed by atoms with E-state index in [1.54, 1.807) is 0 Å². The predicted octanol–water partition coefficient (Wildman–Crippen LogP) is 5.08. The highest BCUT2D eigenvalue weighted by Gasteiger charge is 2.16. The number of carbonyl (C=O) groups is 1. The maximum atomic E-state index is 13.1. The summed E-state index contributed by atoms with van der Waals surface area (Å²) in [4.78, 5) is 14.7. The molecule has 2 aromatic carbocycles. The highest BCUT2D eigenvalue weighted by molar-refractivity contribution is 9.10. The fourth-order valence-electron chi connectivity index (χ4n) is 2.89. The van der Waals surface area contributed by atoms with E-state index in [1.807, 2.05) is 24.3 Å². The van der Waals surface area contributed by atoms with Gasteiger partial charge in [0.15, 0.2) is 0 Å². The molecule has 1 aliphatic heterocycles. The maximum absolute atomic E-state index is 13.1. The van der Waals surface area contributed by atoms with E-state index in [1.165, 1.54) is 36.7 Å². The Hall–Kier alpha value is -1.88. The lowest BCUT2D eigenvalue weighted by molar-refractivity contribution is 0.102.